The van der Waals surface area contributed by atoms with E-state index in [0.717, 1.165) is 37.8 Å². The first-order valence-corrected chi connectivity index (χ1v) is 13.8. The van der Waals surface area contributed by atoms with Crippen molar-refractivity contribution < 1.29 is 13.7 Å². The largest absolute Gasteiger partial charge is 0.598 e. The van der Waals surface area contributed by atoms with Crippen LogP contribution >= 0.6 is 0 Å². The number of anilines is 1. The number of rotatable bonds is 9. The molecule has 0 bridgehead atoms. The molecule has 4 rings (SSSR count). The van der Waals surface area contributed by atoms with Crippen LogP contribution in [0.15, 0.2) is 42.5 Å². The van der Waals surface area contributed by atoms with Gasteiger partial charge < -0.3 is 15.2 Å². The van der Waals surface area contributed by atoms with Crippen LogP contribution in [0.25, 0.3) is 0 Å². The molecule has 2 aliphatic rings. The van der Waals surface area contributed by atoms with Crippen molar-refractivity contribution in [3.05, 3.63) is 65.0 Å². The molecule has 6 nitrogen and oxygen atoms in total. The lowest BCUT2D eigenvalue weighted by Gasteiger charge is -2.39. The maximum Gasteiger partial charge on any atom is 0.241 e. The van der Waals surface area contributed by atoms with Gasteiger partial charge in [0, 0.05) is 11.4 Å². The molecular weight excluding hydrogens is 475 g/mol. The van der Waals surface area contributed by atoms with E-state index in [1.807, 2.05) is 39.0 Å². The predicted molar refractivity (Wildman–Crippen MR) is 141 cm³/mol. The van der Waals surface area contributed by atoms with E-state index in [9.17, 15) is 19.0 Å². The fourth-order valence-electron chi connectivity index (χ4n) is 4.63. The van der Waals surface area contributed by atoms with Crippen molar-refractivity contribution in [2.45, 2.75) is 75.6 Å². The molecule has 1 aliphatic heterocycles. The predicted octanol–water partition coefficient (Wildman–Crippen LogP) is 4.87. The summed E-state index contributed by atoms with van der Waals surface area (Å²) >= 11 is -1.46. The number of nitrogens with one attached hydrogen (secondary N) is 3. The van der Waals surface area contributed by atoms with Crippen LogP contribution in [0.2, 0.25) is 0 Å². The van der Waals surface area contributed by atoms with Gasteiger partial charge in [0.1, 0.15) is 16.1 Å². The molecule has 2 unspecified atom stereocenters. The molecular formula is C28H35FN4O2S. The van der Waals surface area contributed by atoms with Crippen molar-refractivity contribution in [2.75, 3.05) is 11.9 Å². The molecule has 1 aliphatic carbocycles. The van der Waals surface area contributed by atoms with Gasteiger partial charge in [-0.15, -0.1) is 4.72 Å². The summed E-state index contributed by atoms with van der Waals surface area (Å²) < 4.78 is 31.3. The molecule has 1 heterocycles. The zero-order chi connectivity index (χ0) is 25.9. The quantitative estimate of drug-likeness (QED) is 0.418. The summed E-state index contributed by atoms with van der Waals surface area (Å²) in [6.07, 6.45) is 5.47. The Morgan fingerprint density at radius 1 is 1.19 bits per heavy atom. The molecule has 2 fully saturated rings. The van der Waals surface area contributed by atoms with Crippen molar-refractivity contribution >= 4 is 23.0 Å². The van der Waals surface area contributed by atoms with Gasteiger partial charge in [-0.25, -0.2) is 4.39 Å². The average molecular weight is 511 g/mol. The minimum absolute atomic E-state index is 0.0989. The van der Waals surface area contributed by atoms with E-state index in [-0.39, 0.29) is 17.6 Å². The van der Waals surface area contributed by atoms with E-state index in [1.54, 1.807) is 18.2 Å². The van der Waals surface area contributed by atoms with E-state index < -0.39 is 27.5 Å². The molecule has 1 amide bonds. The standard InChI is InChI=1S/C28H35FN4O2S/c1-27(2,3)36(35)33-28(14-13-19-9-10-19,21-7-4-6-20(16-21)18-30)22-11-12-23(29)25(17-22)32-26(34)24-8-5-15-31-24/h4,6-7,11-12,16-17,19,24,31,33H,5,8-10,13-15H2,1-3H3,(H,32,34)/t24-,28?,36?/m1/s1. The Bertz CT molecular complexity index is 1140. The molecule has 1 saturated carbocycles. The van der Waals surface area contributed by atoms with Crippen LogP contribution < -0.4 is 15.4 Å². The number of carbonyl (C=O) groups excluding carboxylic acids is 1. The van der Waals surface area contributed by atoms with Crippen molar-refractivity contribution in [1.82, 2.24) is 10.0 Å². The maximum atomic E-state index is 14.9. The zero-order valence-electron chi connectivity index (χ0n) is 21.2. The third-order valence-electron chi connectivity index (χ3n) is 7.03. The summed E-state index contributed by atoms with van der Waals surface area (Å²) in [5, 5.41) is 15.5. The van der Waals surface area contributed by atoms with Crippen molar-refractivity contribution in [3.63, 3.8) is 0 Å². The summed E-state index contributed by atoms with van der Waals surface area (Å²) in [5.74, 6) is -0.185. The number of halogens is 1. The third kappa shape index (κ3) is 6.09. The molecule has 1 saturated heterocycles. The van der Waals surface area contributed by atoms with Crippen molar-refractivity contribution in [1.29, 1.82) is 5.26 Å². The number of hydrogen-bond donors (Lipinski definition) is 3. The Morgan fingerprint density at radius 2 is 1.94 bits per heavy atom. The average Bonchev–Trinajstić information content (AvgIpc) is 3.52. The summed E-state index contributed by atoms with van der Waals surface area (Å²) in [4.78, 5) is 12.8. The Labute approximate surface area is 216 Å². The first-order chi connectivity index (χ1) is 17.1. The first-order valence-electron chi connectivity index (χ1n) is 12.7. The van der Waals surface area contributed by atoms with Crippen LogP contribution in [0.3, 0.4) is 0 Å². The third-order valence-corrected chi connectivity index (χ3v) is 8.67. The lowest BCUT2D eigenvalue weighted by molar-refractivity contribution is -0.117. The second-order valence-corrected chi connectivity index (χ2v) is 12.9. The zero-order valence-corrected chi connectivity index (χ0v) is 22.0. The Morgan fingerprint density at radius 3 is 2.58 bits per heavy atom. The Hall–Kier alpha value is -2.44. The van der Waals surface area contributed by atoms with E-state index in [4.69, 9.17) is 0 Å². The number of nitriles is 1. The van der Waals surface area contributed by atoms with Gasteiger partial charge >= 0.3 is 0 Å². The van der Waals surface area contributed by atoms with Crippen LogP contribution in [0.4, 0.5) is 10.1 Å². The summed E-state index contributed by atoms with van der Waals surface area (Å²) in [6, 6.07) is 13.8. The highest BCUT2D eigenvalue weighted by atomic mass is 32.2. The fraction of sp³-hybridized carbons (Fsp3) is 0.500. The summed E-state index contributed by atoms with van der Waals surface area (Å²) in [5.41, 5.74) is 1.15. The second kappa shape index (κ2) is 10.9. The normalized spacial score (nSPS) is 20.4. The van der Waals surface area contributed by atoms with Crippen LogP contribution in [-0.2, 0) is 21.7 Å². The second-order valence-electron chi connectivity index (χ2n) is 10.9. The van der Waals surface area contributed by atoms with Gasteiger partial charge in [-0.1, -0.05) is 31.0 Å². The molecule has 0 aromatic heterocycles. The van der Waals surface area contributed by atoms with Gasteiger partial charge in [-0.3, -0.25) is 4.79 Å². The Balaban J connectivity index is 1.81. The molecule has 3 atom stereocenters. The molecule has 3 N–H and O–H groups in total. The lowest BCUT2D eigenvalue weighted by Crippen LogP contribution is -2.52. The van der Waals surface area contributed by atoms with Gasteiger partial charge in [0.05, 0.1) is 23.4 Å². The number of amides is 1. The van der Waals surface area contributed by atoms with Crippen molar-refractivity contribution in [2.24, 2.45) is 5.92 Å². The molecule has 0 spiro atoms. The van der Waals surface area contributed by atoms with Crippen LogP contribution in [0.1, 0.15) is 76.0 Å². The Kier molecular flexibility index (Phi) is 8.06. The molecule has 8 heteroatoms. The molecule has 36 heavy (non-hydrogen) atoms. The highest BCUT2D eigenvalue weighted by Gasteiger charge is 2.43. The van der Waals surface area contributed by atoms with Crippen LogP contribution in [-0.4, -0.2) is 27.8 Å². The lowest BCUT2D eigenvalue weighted by atomic mass is 9.79. The van der Waals surface area contributed by atoms with Gasteiger partial charge in [0.25, 0.3) is 0 Å². The van der Waals surface area contributed by atoms with Gasteiger partial charge in [-0.05, 0) is 94.3 Å². The molecule has 2 aromatic carbocycles. The number of benzene rings is 2. The minimum atomic E-state index is -1.46. The van der Waals surface area contributed by atoms with Gasteiger partial charge in [0.15, 0.2) is 0 Å². The highest BCUT2D eigenvalue weighted by molar-refractivity contribution is 7.90. The van der Waals surface area contributed by atoms with Gasteiger partial charge in [0.2, 0.25) is 5.91 Å². The SMILES string of the molecule is CC(C)(C)[S+]([O-])NC(CCC1CC1)(c1cccc(C#N)c1)c1ccc(F)c(NC(=O)[C@H]2CCCN2)c1. The highest BCUT2D eigenvalue weighted by Crippen LogP contribution is 2.43. The maximum absolute atomic E-state index is 14.9. The number of carbonyl (C=O) groups is 1. The number of hydrogen-bond acceptors (Lipinski definition) is 5. The number of nitrogens with zero attached hydrogens (tertiary/aromatic N) is 1. The molecule has 2 aromatic rings. The van der Waals surface area contributed by atoms with E-state index in [2.05, 4.69) is 21.4 Å². The first kappa shape index (κ1) is 26.6. The van der Waals surface area contributed by atoms with Crippen LogP contribution in [0, 0.1) is 23.1 Å². The van der Waals surface area contributed by atoms with Crippen molar-refractivity contribution in [3.8, 4) is 6.07 Å². The monoisotopic (exact) mass is 510 g/mol. The topological polar surface area (TPSA) is 100 Å². The van der Waals surface area contributed by atoms with Gasteiger partial charge in [-0.2, -0.15) is 5.26 Å². The molecule has 0 radical (unpaired) electrons. The fourth-order valence-corrected chi connectivity index (χ4v) is 5.59. The minimum Gasteiger partial charge on any atom is -0.598 e. The van der Waals surface area contributed by atoms with E-state index in [0.29, 0.717) is 29.9 Å². The van der Waals surface area contributed by atoms with E-state index >= 15 is 0 Å². The summed E-state index contributed by atoms with van der Waals surface area (Å²) in [7, 11) is 0. The summed E-state index contributed by atoms with van der Waals surface area (Å²) in [6.45, 7) is 6.47. The van der Waals surface area contributed by atoms with E-state index in [1.165, 1.54) is 6.07 Å². The smallest absolute Gasteiger partial charge is 0.241 e. The van der Waals surface area contributed by atoms with Crippen LogP contribution in [0.5, 0.6) is 0 Å². The molecule has 192 valence electrons.